The molecule has 0 radical (unpaired) electrons. The lowest BCUT2D eigenvalue weighted by molar-refractivity contribution is -0.145. The number of esters is 1. The molecular formula is C27H31N3O5. The first-order valence-corrected chi connectivity index (χ1v) is 12.0. The third-order valence-electron chi connectivity index (χ3n) is 6.65. The highest BCUT2D eigenvalue weighted by atomic mass is 16.5. The van der Waals surface area contributed by atoms with Crippen LogP contribution >= 0.6 is 0 Å². The number of anilines is 1. The van der Waals surface area contributed by atoms with Crippen LogP contribution in [0.4, 0.5) is 5.69 Å². The number of imide groups is 1. The lowest BCUT2D eigenvalue weighted by atomic mass is 9.98. The van der Waals surface area contributed by atoms with Gasteiger partial charge in [-0.05, 0) is 60.4 Å². The molecule has 4 atom stereocenters. The van der Waals surface area contributed by atoms with E-state index in [9.17, 15) is 19.2 Å². The first-order valence-electron chi connectivity index (χ1n) is 12.0. The van der Waals surface area contributed by atoms with Crippen LogP contribution in [-0.2, 0) is 19.1 Å². The molecule has 1 saturated carbocycles. The Kier molecular flexibility index (Phi) is 7.31. The fraction of sp³-hybridized carbons (Fsp3) is 0.407. The number of hydrogen-bond acceptors (Lipinski definition) is 6. The number of methoxy groups -OCH3 is 1. The summed E-state index contributed by atoms with van der Waals surface area (Å²) in [5, 5.41) is 3.86. The minimum Gasteiger partial charge on any atom is -0.465 e. The minimum atomic E-state index is -0.772. The normalized spacial score (nSPS) is 22.3. The molecule has 2 aliphatic rings. The van der Waals surface area contributed by atoms with E-state index in [-0.39, 0.29) is 41.9 Å². The van der Waals surface area contributed by atoms with Crippen molar-refractivity contribution in [2.75, 3.05) is 12.4 Å². The van der Waals surface area contributed by atoms with Crippen molar-refractivity contribution in [2.24, 2.45) is 17.8 Å². The maximum Gasteiger partial charge on any atom is 0.337 e. The van der Waals surface area contributed by atoms with Gasteiger partial charge in [-0.15, -0.1) is 0 Å². The molecule has 0 aromatic heterocycles. The Morgan fingerprint density at radius 3 is 2.34 bits per heavy atom. The van der Waals surface area contributed by atoms with Gasteiger partial charge in [-0.2, -0.15) is 0 Å². The van der Waals surface area contributed by atoms with Gasteiger partial charge in [0.1, 0.15) is 6.04 Å². The van der Waals surface area contributed by atoms with E-state index in [0.717, 1.165) is 11.4 Å². The van der Waals surface area contributed by atoms with Crippen molar-refractivity contribution in [1.82, 2.24) is 10.4 Å². The average molecular weight is 478 g/mol. The maximum atomic E-state index is 13.2. The molecule has 1 aliphatic heterocycles. The molecule has 2 aromatic rings. The Balaban J connectivity index is 1.41. The van der Waals surface area contributed by atoms with Gasteiger partial charge in [0, 0.05) is 12.1 Å². The quantitative estimate of drug-likeness (QED) is 0.423. The van der Waals surface area contributed by atoms with Crippen LogP contribution in [0.25, 0.3) is 0 Å². The molecule has 1 saturated heterocycles. The Labute approximate surface area is 205 Å². The first kappa shape index (κ1) is 24.6. The van der Waals surface area contributed by atoms with Crippen molar-refractivity contribution >= 4 is 29.4 Å². The lowest BCUT2D eigenvalue weighted by Crippen LogP contribution is -2.53. The average Bonchev–Trinajstić information content (AvgIpc) is 3.60. The van der Waals surface area contributed by atoms with Crippen molar-refractivity contribution in [3.8, 4) is 0 Å². The topological polar surface area (TPSA) is 105 Å². The molecule has 35 heavy (non-hydrogen) atoms. The predicted octanol–water partition coefficient (Wildman–Crippen LogP) is 3.51. The standard InChI is InChI=1S/C27H31N3O5/c1-16(2)13-23(25(32)28-19-11-9-18(10-12-19)27(34)35-3)29-30-24(31)15-22(26(30)33)21-14-20(21)17-7-5-4-6-8-17/h4-12,16,20-23,29H,13-15H2,1-3H3,(H,28,32). The van der Waals surface area contributed by atoms with E-state index in [1.807, 2.05) is 32.0 Å². The van der Waals surface area contributed by atoms with Gasteiger partial charge >= 0.3 is 5.97 Å². The molecule has 2 fully saturated rings. The Hall–Kier alpha value is -3.52. The molecular weight excluding hydrogens is 446 g/mol. The zero-order valence-electron chi connectivity index (χ0n) is 20.2. The smallest absolute Gasteiger partial charge is 0.337 e. The van der Waals surface area contributed by atoms with Crippen molar-refractivity contribution in [3.63, 3.8) is 0 Å². The summed E-state index contributed by atoms with van der Waals surface area (Å²) >= 11 is 0. The van der Waals surface area contributed by atoms with E-state index in [2.05, 4.69) is 27.6 Å². The van der Waals surface area contributed by atoms with Crippen molar-refractivity contribution in [1.29, 1.82) is 0 Å². The van der Waals surface area contributed by atoms with E-state index in [0.29, 0.717) is 23.6 Å². The highest BCUT2D eigenvalue weighted by Crippen LogP contribution is 2.54. The second-order valence-corrected chi connectivity index (χ2v) is 9.66. The highest BCUT2D eigenvalue weighted by Gasteiger charge is 2.53. The SMILES string of the molecule is COC(=O)c1ccc(NC(=O)C(CC(C)C)NN2C(=O)CC(C3CC3c3ccccc3)C2=O)cc1. The largest absolute Gasteiger partial charge is 0.465 e. The summed E-state index contributed by atoms with van der Waals surface area (Å²) in [6, 6.07) is 15.6. The number of benzene rings is 2. The molecule has 8 heteroatoms. The van der Waals surface area contributed by atoms with Gasteiger partial charge < -0.3 is 10.1 Å². The van der Waals surface area contributed by atoms with Gasteiger partial charge in [-0.1, -0.05) is 44.2 Å². The molecule has 1 aliphatic carbocycles. The van der Waals surface area contributed by atoms with Crippen LogP contribution in [0.5, 0.6) is 0 Å². The molecule has 4 rings (SSSR count). The van der Waals surface area contributed by atoms with Crippen molar-refractivity contribution in [2.45, 2.75) is 45.1 Å². The van der Waals surface area contributed by atoms with Gasteiger partial charge in [-0.25, -0.2) is 15.2 Å². The summed E-state index contributed by atoms with van der Waals surface area (Å²) in [5.41, 5.74) is 4.98. The molecule has 0 spiro atoms. The highest BCUT2D eigenvalue weighted by molar-refractivity contribution is 6.04. The number of rotatable bonds is 9. The molecule has 0 bridgehead atoms. The van der Waals surface area contributed by atoms with Crippen LogP contribution in [0.2, 0.25) is 0 Å². The summed E-state index contributed by atoms with van der Waals surface area (Å²) < 4.78 is 4.69. The van der Waals surface area contributed by atoms with Crippen molar-refractivity contribution in [3.05, 3.63) is 65.7 Å². The lowest BCUT2D eigenvalue weighted by Gasteiger charge is -2.25. The Bertz CT molecular complexity index is 1100. The van der Waals surface area contributed by atoms with E-state index in [1.54, 1.807) is 24.3 Å². The molecule has 184 valence electrons. The molecule has 1 heterocycles. The third kappa shape index (κ3) is 5.59. The molecule has 3 amide bonds. The number of hydrazine groups is 1. The fourth-order valence-corrected chi connectivity index (χ4v) is 4.75. The molecule has 4 unspecified atom stereocenters. The first-order chi connectivity index (χ1) is 16.8. The van der Waals surface area contributed by atoms with Gasteiger partial charge in [0.05, 0.1) is 18.6 Å². The van der Waals surface area contributed by atoms with E-state index < -0.39 is 12.0 Å². The number of carbonyl (C=O) groups excluding carboxylic acids is 4. The van der Waals surface area contributed by atoms with Crippen molar-refractivity contribution < 1.29 is 23.9 Å². The monoisotopic (exact) mass is 477 g/mol. The summed E-state index contributed by atoms with van der Waals surface area (Å²) in [4.78, 5) is 50.6. The summed E-state index contributed by atoms with van der Waals surface area (Å²) in [6.45, 7) is 3.94. The van der Waals surface area contributed by atoms with Crippen LogP contribution < -0.4 is 10.7 Å². The van der Waals surface area contributed by atoms with Crippen LogP contribution in [-0.4, -0.2) is 41.9 Å². The van der Waals surface area contributed by atoms with E-state index in [1.165, 1.54) is 12.7 Å². The molecule has 2 aromatic carbocycles. The van der Waals surface area contributed by atoms with Crippen LogP contribution in [0.1, 0.15) is 54.9 Å². The predicted molar refractivity (Wildman–Crippen MR) is 130 cm³/mol. The second-order valence-electron chi connectivity index (χ2n) is 9.66. The van der Waals surface area contributed by atoms with Crippen LogP contribution in [0, 0.1) is 17.8 Å². The van der Waals surface area contributed by atoms with Crippen LogP contribution in [0.3, 0.4) is 0 Å². The summed E-state index contributed by atoms with van der Waals surface area (Å²) in [6.07, 6.45) is 1.48. The Morgan fingerprint density at radius 2 is 1.71 bits per heavy atom. The number of amides is 3. The van der Waals surface area contributed by atoms with Gasteiger partial charge in [0.2, 0.25) is 17.7 Å². The summed E-state index contributed by atoms with van der Waals surface area (Å²) in [7, 11) is 1.30. The number of nitrogens with zero attached hydrogens (tertiary/aromatic N) is 1. The van der Waals surface area contributed by atoms with E-state index in [4.69, 9.17) is 0 Å². The van der Waals surface area contributed by atoms with Gasteiger partial charge in [0.25, 0.3) is 0 Å². The fourth-order valence-electron chi connectivity index (χ4n) is 4.75. The zero-order chi connectivity index (χ0) is 25.1. The van der Waals surface area contributed by atoms with Gasteiger partial charge in [-0.3, -0.25) is 14.4 Å². The number of nitrogens with one attached hydrogen (secondary N) is 2. The molecule has 8 nitrogen and oxygen atoms in total. The van der Waals surface area contributed by atoms with E-state index >= 15 is 0 Å². The number of carbonyl (C=O) groups is 4. The number of ether oxygens (including phenoxy) is 1. The third-order valence-corrected chi connectivity index (χ3v) is 6.65. The number of hydrogen-bond donors (Lipinski definition) is 2. The maximum absolute atomic E-state index is 13.2. The second kappa shape index (κ2) is 10.4. The minimum absolute atomic E-state index is 0.145. The molecule has 2 N–H and O–H groups in total. The van der Waals surface area contributed by atoms with Gasteiger partial charge in [0.15, 0.2) is 0 Å². The van der Waals surface area contributed by atoms with Crippen LogP contribution in [0.15, 0.2) is 54.6 Å². The zero-order valence-corrected chi connectivity index (χ0v) is 20.2. The summed E-state index contributed by atoms with van der Waals surface area (Å²) in [5.74, 6) is -1.17. The Morgan fingerprint density at radius 1 is 1.03 bits per heavy atom.